The summed E-state index contributed by atoms with van der Waals surface area (Å²) in [5, 5.41) is 0. The van der Waals surface area contributed by atoms with Crippen molar-refractivity contribution in [3.05, 3.63) is 34.3 Å². The number of benzene rings is 1. The number of rotatable bonds is 5. The lowest BCUT2D eigenvalue weighted by molar-refractivity contribution is 0.0937. The Balaban J connectivity index is 1.88. The van der Waals surface area contributed by atoms with Gasteiger partial charge in [-0.25, -0.2) is 0 Å². The lowest BCUT2D eigenvalue weighted by atomic mass is 10.1. The summed E-state index contributed by atoms with van der Waals surface area (Å²) in [4.78, 5) is 14.3. The van der Waals surface area contributed by atoms with Crippen molar-refractivity contribution in [1.82, 2.24) is 4.90 Å². The predicted octanol–water partition coefficient (Wildman–Crippen LogP) is 3.75. The molecule has 0 heterocycles. The molecule has 0 saturated heterocycles. The molecule has 0 atom stereocenters. The van der Waals surface area contributed by atoms with Gasteiger partial charge in [0.25, 0.3) is 0 Å². The molecule has 0 N–H and O–H groups in total. The number of nitrogens with zero attached hydrogens (tertiary/aromatic N) is 1. The quantitative estimate of drug-likeness (QED) is 0.772. The predicted molar refractivity (Wildman–Crippen MR) is 77.9 cm³/mol. The molecule has 1 aromatic rings. The normalized spacial score (nSPS) is 16.4. The van der Waals surface area contributed by atoms with Gasteiger partial charge in [-0.2, -0.15) is 0 Å². The van der Waals surface area contributed by atoms with Crippen LogP contribution in [0.1, 0.15) is 36.0 Å². The van der Waals surface area contributed by atoms with Crippen LogP contribution in [0.5, 0.6) is 0 Å². The largest absolute Gasteiger partial charge is 0.299 e. The van der Waals surface area contributed by atoms with Crippen LogP contribution >= 0.6 is 15.9 Å². The molecule has 0 aliphatic heterocycles. The number of ketones is 1. The lowest BCUT2D eigenvalue weighted by Crippen LogP contribution is -2.30. The highest BCUT2D eigenvalue weighted by molar-refractivity contribution is 9.10. The first-order valence-corrected chi connectivity index (χ1v) is 7.42. The van der Waals surface area contributed by atoms with E-state index < -0.39 is 0 Å². The summed E-state index contributed by atoms with van der Waals surface area (Å²) in [5.74, 6) is 0.991. The fourth-order valence-electron chi connectivity index (χ4n) is 2.72. The first-order chi connectivity index (χ1) is 8.66. The van der Waals surface area contributed by atoms with Crippen molar-refractivity contribution in [2.75, 3.05) is 20.1 Å². The van der Waals surface area contributed by atoms with Gasteiger partial charge < -0.3 is 0 Å². The van der Waals surface area contributed by atoms with E-state index in [9.17, 15) is 4.79 Å². The molecule has 0 bridgehead atoms. The van der Waals surface area contributed by atoms with Gasteiger partial charge in [0.1, 0.15) is 0 Å². The molecule has 1 saturated carbocycles. The van der Waals surface area contributed by atoms with Crippen LogP contribution in [0.15, 0.2) is 28.7 Å². The molecule has 1 aliphatic carbocycles. The third kappa shape index (κ3) is 3.66. The zero-order valence-electron chi connectivity index (χ0n) is 10.9. The average Bonchev–Trinajstić information content (AvgIpc) is 2.82. The standard InChI is InChI=1S/C15H20BrNO/c1-17(10-12-6-2-3-7-12)11-15(18)13-8-4-5-9-14(13)16/h4-5,8-9,12H,2-3,6-7,10-11H2,1H3. The van der Waals surface area contributed by atoms with Gasteiger partial charge in [0.05, 0.1) is 6.54 Å². The minimum Gasteiger partial charge on any atom is -0.299 e. The van der Waals surface area contributed by atoms with E-state index in [2.05, 4.69) is 20.8 Å². The minimum absolute atomic E-state index is 0.197. The van der Waals surface area contributed by atoms with Gasteiger partial charge in [-0.3, -0.25) is 9.69 Å². The van der Waals surface area contributed by atoms with Gasteiger partial charge in [-0.1, -0.05) is 47.0 Å². The Hall–Kier alpha value is -0.670. The van der Waals surface area contributed by atoms with Crippen LogP contribution < -0.4 is 0 Å². The zero-order chi connectivity index (χ0) is 13.0. The second-order valence-electron chi connectivity index (χ2n) is 5.25. The summed E-state index contributed by atoms with van der Waals surface area (Å²) in [6, 6.07) is 7.65. The van der Waals surface area contributed by atoms with Crippen LogP contribution in [0.3, 0.4) is 0 Å². The van der Waals surface area contributed by atoms with Crippen LogP contribution in [0.4, 0.5) is 0 Å². The topological polar surface area (TPSA) is 20.3 Å². The van der Waals surface area contributed by atoms with Crippen molar-refractivity contribution in [1.29, 1.82) is 0 Å². The third-order valence-corrected chi connectivity index (χ3v) is 4.32. The molecule has 0 aromatic heterocycles. The molecular weight excluding hydrogens is 290 g/mol. The molecule has 1 fully saturated rings. The number of carbonyl (C=O) groups excluding carboxylic acids is 1. The Kier molecular flexibility index (Phi) is 4.95. The summed E-state index contributed by atoms with van der Waals surface area (Å²) in [7, 11) is 2.05. The van der Waals surface area contributed by atoms with E-state index in [1.165, 1.54) is 25.7 Å². The summed E-state index contributed by atoms with van der Waals surface area (Å²) in [5.41, 5.74) is 0.788. The molecule has 2 rings (SSSR count). The van der Waals surface area contributed by atoms with Crippen molar-refractivity contribution in [2.24, 2.45) is 5.92 Å². The summed E-state index contributed by atoms with van der Waals surface area (Å²) in [6.07, 6.45) is 5.37. The minimum atomic E-state index is 0.197. The number of hydrogen-bond acceptors (Lipinski definition) is 2. The van der Waals surface area contributed by atoms with Gasteiger partial charge >= 0.3 is 0 Å². The highest BCUT2D eigenvalue weighted by atomic mass is 79.9. The Labute approximate surface area is 117 Å². The SMILES string of the molecule is CN(CC(=O)c1ccccc1Br)CC1CCCC1. The molecule has 0 unspecified atom stereocenters. The fourth-order valence-corrected chi connectivity index (χ4v) is 3.22. The number of Topliss-reactive ketones (excluding diaryl/α,β-unsaturated/α-hetero) is 1. The third-order valence-electron chi connectivity index (χ3n) is 3.63. The van der Waals surface area contributed by atoms with Crippen LogP contribution in [-0.4, -0.2) is 30.8 Å². The van der Waals surface area contributed by atoms with Crippen LogP contribution in [0.25, 0.3) is 0 Å². The fraction of sp³-hybridized carbons (Fsp3) is 0.533. The molecule has 0 amide bonds. The van der Waals surface area contributed by atoms with Crippen LogP contribution in [-0.2, 0) is 0 Å². The maximum Gasteiger partial charge on any atom is 0.177 e. The summed E-state index contributed by atoms with van der Waals surface area (Å²) in [6.45, 7) is 1.56. The Bertz CT molecular complexity index is 413. The van der Waals surface area contributed by atoms with E-state index in [0.29, 0.717) is 6.54 Å². The second-order valence-corrected chi connectivity index (χ2v) is 6.10. The molecule has 2 nitrogen and oxygen atoms in total. The maximum absolute atomic E-state index is 12.2. The van der Waals surface area contributed by atoms with E-state index in [1.807, 2.05) is 31.3 Å². The van der Waals surface area contributed by atoms with E-state index in [1.54, 1.807) is 0 Å². The van der Waals surface area contributed by atoms with Crippen molar-refractivity contribution in [3.63, 3.8) is 0 Å². The van der Waals surface area contributed by atoms with Crippen molar-refractivity contribution in [2.45, 2.75) is 25.7 Å². The molecule has 0 radical (unpaired) electrons. The summed E-state index contributed by atoms with van der Waals surface area (Å²) >= 11 is 3.44. The summed E-state index contributed by atoms with van der Waals surface area (Å²) < 4.78 is 0.893. The van der Waals surface area contributed by atoms with E-state index in [4.69, 9.17) is 0 Å². The van der Waals surface area contributed by atoms with Crippen molar-refractivity contribution < 1.29 is 4.79 Å². The van der Waals surface area contributed by atoms with Gasteiger partial charge in [-0.05, 0) is 31.9 Å². The highest BCUT2D eigenvalue weighted by Crippen LogP contribution is 2.25. The number of hydrogen-bond donors (Lipinski definition) is 0. The van der Waals surface area contributed by atoms with Gasteiger partial charge in [0.15, 0.2) is 5.78 Å². The Morgan fingerprint density at radius 1 is 1.33 bits per heavy atom. The van der Waals surface area contributed by atoms with E-state index in [-0.39, 0.29) is 5.78 Å². The zero-order valence-corrected chi connectivity index (χ0v) is 12.4. The lowest BCUT2D eigenvalue weighted by Gasteiger charge is -2.20. The monoisotopic (exact) mass is 309 g/mol. The average molecular weight is 310 g/mol. The number of halogens is 1. The molecule has 18 heavy (non-hydrogen) atoms. The smallest absolute Gasteiger partial charge is 0.177 e. The number of likely N-dealkylation sites (N-methyl/N-ethyl adjacent to an activating group) is 1. The first-order valence-electron chi connectivity index (χ1n) is 6.63. The number of carbonyl (C=O) groups is 1. The van der Waals surface area contributed by atoms with Crippen molar-refractivity contribution >= 4 is 21.7 Å². The van der Waals surface area contributed by atoms with Crippen molar-refractivity contribution in [3.8, 4) is 0 Å². The molecular formula is C15H20BrNO. The van der Waals surface area contributed by atoms with E-state index in [0.717, 1.165) is 22.5 Å². The van der Waals surface area contributed by atoms with Crippen LogP contribution in [0.2, 0.25) is 0 Å². The molecule has 1 aliphatic rings. The van der Waals surface area contributed by atoms with Gasteiger partial charge in [-0.15, -0.1) is 0 Å². The van der Waals surface area contributed by atoms with E-state index >= 15 is 0 Å². The Morgan fingerprint density at radius 3 is 2.67 bits per heavy atom. The second kappa shape index (κ2) is 6.48. The Morgan fingerprint density at radius 2 is 2.00 bits per heavy atom. The highest BCUT2D eigenvalue weighted by Gasteiger charge is 2.18. The van der Waals surface area contributed by atoms with Gasteiger partial charge in [0.2, 0.25) is 0 Å². The maximum atomic E-state index is 12.2. The van der Waals surface area contributed by atoms with Gasteiger partial charge in [0, 0.05) is 16.6 Å². The molecule has 1 aromatic carbocycles. The first kappa shape index (κ1) is 13.8. The molecule has 98 valence electrons. The molecule has 0 spiro atoms. The van der Waals surface area contributed by atoms with Crippen LogP contribution in [0, 0.1) is 5.92 Å². The molecule has 3 heteroatoms.